The van der Waals surface area contributed by atoms with Crippen molar-refractivity contribution in [1.82, 2.24) is 0 Å². The van der Waals surface area contributed by atoms with Gasteiger partial charge in [-0.1, -0.05) is 30.7 Å². The van der Waals surface area contributed by atoms with Gasteiger partial charge in [-0.3, -0.25) is 4.79 Å². The van der Waals surface area contributed by atoms with E-state index in [1.165, 1.54) is 5.56 Å². The van der Waals surface area contributed by atoms with Gasteiger partial charge in [-0.05, 0) is 37.3 Å². The molecule has 3 N–H and O–H groups in total. The number of fused-ring (bicyclic) bond motifs is 1. The zero-order valence-electron chi connectivity index (χ0n) is 10.9. The Morgan fingerprint density at radius 1 is 1.44 bits per heavy atom. The molecule has 1 aromatic rings. The van der Waals surface area contributed by atoms with Gasteiger partial charge in [0.25, 0.3) is 0 Å². The molecule has 0 bridgehead atoms. The fourth-order valence-corrected chi connectivity index (χ4v) is 3.20. The summed E-state index contributed by atoms with van der Waals surface area (Å²) in [5.74, 6) is -0.760. The molecule has 1 aromatic carbocycles. The molecule has 0 heterocycles. The molecule has 2 rings (SSSR count). The Kier molecular flexibility index (Phi) is 3.71. The normalized spacial score (nSPS) is 25.0. The van der Waals surface area contributed by atoms with Gasteiger partial charge in [0.1, 0.15) is 0 Å². The summed E-state index contributed by atoms with van der Waals surface area (Å²) in [6, 6.07) is 8.04. The molecule has 2 atom stereocenters. The zero-order valence-corrected chi connectivity index (χ0v) is 10.9. The summed E-state index contributed by atoms with van der Waals surface area (Å²) in [4.78, 5) is 11.2. The first-order valence-corrected chi connectivity index (χ1v) is 6.62. The fourth-order valence-electron chi connectivity index (χ4n) is 3.20. The first kappa shape index (κ1) is 13.1. The summed E-state index contributed by atoms with van der Waals surface area (Å²) in [5, 5.41) is 9.24. The topological polar surface area (TPSA) is 63.3 Å². The Labute approximate surface area is 108 Å². The van der Waals surface area contributed by atoms with Crippen LogP contribution < -0.4 is 5.73 Å². The third-order valence-electron chi connectivity index (χ3n) is 4.21. The number of carboxylic acid groups (broad SMARTS) is 1. The fraction of sp³-hybridized carbons (Fsp3) is 0.533. The first-order valence-electron chi connectivity index (χ1n) is 6.62. The largest absolute Gasteiger partial charge is 0.481 e. The van der Waals surface area contributed by atoms with E-state index in [4.69, 9.17) is 5.73 Å². The van der Waals surface area contributed by atoms with E-state index in [0.717, 1.165) is 31.2 Å². The Morgan fingerprint density at radius 2 is 2.17 bits per heavy atom. The molecule has 0 amide bonds. The molecule has 98 valence electrons. The van der Waals surface area contributed by atoms with Crippen molar-refractivity contribution in [2.24, 2.45) is 5.73 Å². The minimum absolute atomic E-state index is 0.127. The predicted molar refractivity (Wildman–Crippen MR) is 71.6 cm³/mol. The molecule has 0 saturated heterocycles. The summed E-state index contributed by atoms with van der Waals surface area (Å²) in [5.41, 5.74) is 8.19. The highest BCUT2D eigenvalue weighted by Gasteiger charge is 2.40. The molecular weight excluding hydrogens is 226 g/mol. The van der Waals surface area contributed by atoms with Gasteiger partial charge in [-0.15, -0.1) is 0 Å². The molecule has 0 aromatic heterocycles. The van der Waals surface area contributed by atoms with Gasteiger partial charge < -0.3 is 10.8 Å². The molecule has 3 heteroatoms. The number of carboxylic acids is 1. The van der Waals surface area contributed by atoms with E-state index in [-0.39, 0.29) is 12.5 Å². The van der Waals surface area contributed by atoms with Crippen LogP contribution >= 0.6 is 0 Å². The average molecular weight is 247 g/mol. The first-order chi connectivity index (χ1) is 8.56. The summed E-state index contributed by atoms with van der Waals surface area (Å²) < 4.78 is 0. The van der Waals surface area contributed by atoms with Crippen LogP contribution in [-0.4, -0.2) is 17.1 Å². The summed E-state index contributed by atoms with van der Waals surface area (Å²) in [6.45, 7) is 1.94. The maximum atomic E-state index is 11.2. The third-order valence-corrected chi connectivity index (χ3v) is 4.21. The van der Waals surface area contributed by atoms with Crippen LogP contribution in [0.2, 0.25) is 0 Å². The lowest BCUT2D eigenvalue weighted by Gasteiger charge is -2.37. The number of aryl methyl sites for hydroxylation is 1. The van der Waals surface area contributed by atoms with Crippen LogP contribution in [0.25, 0.3) is 0 Å². The predicted octanol–water partition coefficient (Wildman–Crippen LogP) is 2.47. The number of hydrogen-bond acceptors (Lipinski definition) is 2. The Hall–Kier alpha value is -1.35. The zero-order chi connectivity index (χ0) is 13.2. The second-order valence-corrected chi connectivity index (χ2v) is 5.38. The van der Waals surface area contributed by atoms with E-state index in [9.17, 15) is 9.90 Å². The Morgan fingerprint density at radius 3 is 2.83 bits per heavy atom. The number of aliphatic carboxylic acids is 1. The molecule has 0 spiro atoms. The highest BCUT2D eigenvalue weighted by Crippen LogP contribution is 2.41. The van der Waals surface area contributed by atoms with Gasteiger partial charge in [0.15, 0.2) is 0 Å². The number of carbonyl (C=O) groups is 1. The van der Waals surface area contributed by atoms with Crippen molar-refractivity contribution in [3.63, 3.8) is 0 Å². The quantitative estimate of drug-likeness (QED) is 0.806. The number of nitrogens with two attached hydrogens (primary N) is 1. The molecule has 0 saturated carbocycles. The van der Waals surface area contributed by atoms with Crippen molar-refractivity contribution in [3.05, 3.63) is 35.4 Å². The highest BCUT2D eigenvalue weighted by molar-refractivity contribution is 5.69. The number of rotatable bonds is 3. The van der Waals surface area contributed by atoms with Gasteiger partial charge in [0, 0.05) is 11.5 Å². The lowest BCUT2D eigenvalue weighted by molar-refractivity contribution is -0.138. The molecule has 3 nitrogen and oxygen atoms in total. The van der Waals surface area contributed by atoms with E-state index < -0.39 is 11.4 Å². The van der Waals surface area contributed by atoms with Crippen LogP contribution in [0.4, 0.5) is 0 Å². The molecule has 1 aliphatic carbocycles. The summed E-state index contributed by atoms with van der Waals surface area (Å²) in [7, 11) is 0. The van der Waals surface area contributed by atoms with Crippen molar-refractivity contribution < 1.29 is 9.90 Å². The van der Waals surface area contributed by atoms with Gasteiger partial charge in [-0.25, -0.2) is 0 Å². The number of hydrogen-bond donors (Lipinski definition) is 2. The average Bonchev–Trinajstić information content (AvgIpc) is 2.50. The van der Waals surface area contributed by atoms with Crippen LogP contribution in [-0.2, 0) is 16.6 Å². The molecular formula is C15H21NO2. The van der Waals surface area contributed by atoms with Gasteiger partial charge in [0.2, 0.25) is 0 Å². The maximum absolute atomic E-state index is 11.2. The molecule has 18 heavy (non-hydrogen) atoms. The van der Waals surface area contributed by atoms with Crippen molar-refractivity contribution in [2.75, 3.05) is 0 Å². The van der Waals surface area contributed by atoms with E-state index in [1.54, 1.807) is 0 Å². The lowest BCUT2D eigenvalue weighted by Crippen LogP contribution is -2.45. The molecule has 0 fully saturated rings. The van der Waals surface area contributed by atoms with Gasteiger partial charge in [0.05, 0.1) is 6.42 Å². The van der Waals surface area contributed by atoms with Crippen LogP contribution in [0, 0.1) is 0 Å². The van der Waals surface area contributed by atoms with E-state index >= 15 is 0 Å². The van der Waals surface area contributed by atoms with Gasteiger partial charge in [-0.2, -0.15) is 0 Å². The minimum atomic E-state index is -0.760. The number of benzene rings is 1. The standard InChI is InChI=1S/C15H21NO2/c1-11(16)15(10-14(17)18)9-5-4-7-12-6-2-3-8-13(12)15/h2-3,6,8,11H,4-5,7,9-10,16H2,1H3,(H,17,18). The van der Waals surface area contributed by atoms with E-state index in [0.29, 0.717) is 0 Å². The second kappa shape index (κ2) is 5.11. The summed E-state index contributed by atoms with van der Waals surface area (Å²) in [6.07, 6.45) is 4.19. The highest BCUT2D eigenvalue weighted by atomic mass is 16.4. The van der Waals surface area contributed by atoms with E-state index in [2.05, 4.69) is 12.1 Å². The third kappa shape index (κ3) is 2.27. The van der Waals surface area contributed by atoms with Crippen LogP contribution in [0.3, 0.4) is 0 Å². The van der Waals surface area contributed by atoms with Crippen LogP contribution in [0.1, 0.15) is 43.7 Å². The molecule has 0 radical (unpaired) electrons. The summed E-state index contributed by atoms with van der Waals surface area (Å²) >= 11 is 0. The van der Waals surface area contributed by atoms with Crippen molar-refractivity contribution in [1.29, 1.82) is 0 Å². The van der Waals surface area contributed by atoms with Crippen molar-refractivity contribution >= 4 is 5.97 Å². The maximum Gasteiger partial charge on any atom is 0.304 e. The lowest BCUT2D eigenvalue weighted by atomic mass is 9.69. The van der Waals surface area contributed by atoms with Crippen LogP contribution in [0.5, 0.6) is 0 Å². The van der Waals surface area contributed by atoms with Crippen molar-refractivity contribution in [3.8, 4) is 0 Å². The van der Waals surface area contributed by atoms with Gasteiger partial charge >= 0.3 is 5.97 Å². The monoisotopic (exact) mass is 247 g/mol. The molecule has 0 aliphatic heterocycles. The second-order valence-electron chi connectivity index (χ2n) is 5.38. The Bertz CT molecular complexity index is 442. The van der Waals surface area contributed by atoms with E-state index in [1.807, 2.05) is 19.1 Å². The van der Waals surface area contributed by atoms with Crippen LogP contribution in [0.15, 0.2) is 24.3 Å². The van der Waals surface area contributed by atoms with Crippen molar-refractivity contribution in [2.45, 2.75) is 50.5 Å². The minimum Gasteiger partial charge on any atom is -0.481 e. The Balaban J connectivity index is 2.54. The molecule has 1 aliphatic rings. The SMILES string of the molecule is CC(N)C1(CC(=O)O)CCCCc2ccccc21. The molecule has 2 unspecified atom stereocenters. The smallest absolute Gasteiger partial charge is 0.304 e.